The van der Waals surface area contributed by atoms with Gasteiger partial charge in [-0.05, 0) is 55.7 Å². The standard InChI is InChI=1S/C16H25NO/c1-18-12-4-2-3-11-17-13-14-5-7-15(8-6-14)16-9-10-16/h5-8,16-17H,2-4,9-13H2,1H3. The molecule has 1 aliphatic rings. The molecule has 1 saturated carbocycles. The fraction of sp³-hybridized carbons (Fsp3) is 0.625. The highest BCUT2D eigenvalue weighted by Crippen LogP contribution is 2.39. The van der Waals surface area contributed by atoms with Crippen LogP contribution in [0.2, 0.25) is 0 Å². The van der Waals surface area contributed by atoms with Gasteiger partial charge < -0.3 is 10.1 Å². The number of hydrogen-bond acceptors (Lipinski definition) is 2. The van der Waals surface area contributed by atoms with E-state index in [1.165, 1.54) is 43.2 Å². The fourth-order valence-electron chi connectivity index (χ4n) is 2.23. The van der Waals surface area contributed by atoms with Crippen LogP contribution in [0.25, 0.3) is 0 Å². The minimum Gasteiger partial charge on any atom is -0.385 e. The minimum absolute atomic E-state index is 0.868. The second kappa shape index (κ2) is 7.55. The Bertz CT molecular complexity index is 329. The maximum absolute atomic E-state index is 5.03. The summed E-state index contributed by atoms with van der Waals surface area (Å²) in [7, 11) is 1.77. The average Bonchev–Trinajstić information content (AvgIpc) is 3.23. The van der Waals surface area contributed by atoms with Crippen molar-refractivity contribution in [1.29, 1.82) is 0 Å². The lowest BCUT2D eigenvalue weighted by molar-refractivity contribution is 0.192. The zero-order chi connectivity index (χ0) is 12.6. The monoisotopic (exact) mass is 247 g/mol. The van der Waals surface area contributed by atoms with Crippen molar-refractivity contribution in [3.8, 4) is 0 Å². The zero-order valence-corrected chi connectivity index (χ0v) is 11.5. The number of benzene rings is 1. The maximum atomic E-state index is 5.03. The molecule has 1 aromatic carbocycles. The molecule has 2 rings (SSSR count). The van der Waals surface area contributed by atoms with Crippen molar-refractivity contribution >= 4 is 0 Å². The molecule has 100 valence electrons. The van der Waals surface area contributed by atoms with Crippen molar-refractivity contribution in [3.63, 3.8) is 0 Å². The van der Waals surface area contributed by atoms with Crippen molar-refractivity contribution in [2.45, 2.75) is 44.6 Å². The molecule has 0 aromatic heterocycles. The van der Waals surface area contributed by atoms with Gasteiger partial charge in [0.15, 0.2) is 0 Å². The first-order chi connectivity index (χ1) is 8.90. The summed E-state index contributed by atoms with van der Waals surface area (Å²) in [6.07, 6.45) is 6.44. The van der Waals surface area contributed by atoms with E-state index in [1.54, 1.807) is 7.11 Å². The summed E-state index contributed by atoms with van der Waals surface area (Å²) < 4.78 is 5.03. The first-order valence-corrected chi connectivity index (χ1v) is 7.18. The molecule has 1 aromatic rings. The summed E-state index contributed by atoms with van der Waals surface area (Å²) in [4.78, 5) is 0. The lowest BCUT2D eigenvalue weighted by Gasteiger charge is -2.06. The molecule has 0 saturated heterocycles. The summed E-state index contributed by atoms with van der Waals surface area (Å²) in [5, 5.41) is 3.50. The second-order valence-corrected chi connectivity index (χ2v) is 5.25. The second-order valence-electron chi connectivity index (χ2n) is 5.25. The molecule has 0 atom stereocenters. The molecule has 0 bridgehead atoms. The zero-order valence-electron chi connectivity index (χ0n) is 11.5. The van der Waals surface area contributed by atoms with Crippen molar-refractivity contribution in [3.05, 3.63) is 35.4 Å². The number of methoxy groups -OCH3 is 1. The summed E-state index contributed by atoms with van der Waals surface area (Å²) in [5.41, 5.74) is 2.93. The first-order valence-electron chi connectivity index (χ1n) is 7.18. The van der Waals surface area contributed by atoms with Crippen LogP contribution < -0.4 is 5.32 Å². The number of hydrogen-bond donors (Lipinski definition) is 1. The highest BCUT2D eigenvalue weighted by atomic mass is 16.5. The average molecular weight is 247 g/mol. The van der Waals surface area contributed by atoms with E-state index < -0.39 is 0 Å². The summed E-state index contributed by atoms with van der Waals surface area (Å²) in [6.45, 7) is 2.99. The van der Waals surface area contributed by atoms with Crippen LogP contribution in [0.4, 0.5) is 0 Å². The van der Waals surface area contributed by atoms with Gasteiger partial charge in [-0.1, -0.05) is 24.3 Å². The van der Waals surface area contributed by atoms with Crippen molar-refractivity contribution < 1.29 is 4.74 Å². The smallest absolute Gasteiger partial charge is 0.0462 e. The van der Waals surface area contributed by atoms with E-state index in [9.17, 15) is 0 Å². The third-order valence-electron chi connectivity index (χ3n) is 3.56. The highest BCUT2D eigenvalue weighted by Gasteiger charge is 2.22. The van der Waals surface area contributed by atoms with E-state index in [0.717, 1.165) is 25.6 Å². The molecule has 1 aliphatic carbocycles. The Morgan fingerprint density at radius 1 is 1.11 bits per heavy atom. The third-order valence-corrected chi connectivity index (χ3v) is 3.56. The molecule has 18 heavy (non-hydrogen) atoms. The molecule has 0 amide bonds. The van der Waals surface area contributed by atoms with Gasteiger partial charge in [-0.25, -0.2) is 0 Å². The number of ether oxygens (including phenoxy) is 1. The van der Waals surface area contributed by atoms with Gasteiger partial charge >= 0.3 is 0 Å². The van der Waals surface area contributed by atoms with E-state index >= 15 is 0 Å². The number of unbranched alkanes of at least 4 members (excludes halogenated alkanes) is 2. The van der Waals surface area contributed by atoms with Crippen LogP contribution in [-0.4, -0.2) is 20.3 Å². The van der Waals surface area contributed by atoms with Crippen molar-refractivity contribution in [1.82, 2.24) is 5.32 Å². The Morgan fingerprint density at radius 3 is 2.56 bits per heavy atom. The number of nitrogens with one attached hydrogen (secondary N) is 1. The normalized spacial score (nSPS) is 14.9. The first kappa shape index (κ1) is 13.6. The molecule has 0 heterocycles. The molecule has 2 nitrogen and oxygen atoms in total. The van der Waals surface area contributed by atoms with E-state index in [0.29, 0.717) is 0 Å². The molecule has 1 fully saturated rings. The Labute approximate surface area is 111 Å². The van der Waals surface area contributed by atoms with Crippen LogP contribution in [0.3, 0.4) is 0 Å². The van der Waals surface area contributed by atoms with Crippen LogP contribution in [0.15, 0.2) is 24.3 Å². The van der Waals surface area contributed by atoms with E-state index in [1.807, 2.05) is 0 Å². The maximum Gasteiger partial charge on any atom is 0.0462 e. The van der Waals surface area contributed by atoms with Gasteiger partial charge in [0.25, 0.3) is 0 Å². The predicted octanol–water partition coefficient (Wildman–Crippen LogP) is 3.47. The molecule has 2 heteroatoms. The topological polar surface area (TPSA) is 21.3 Å². The minimum atomic E-state index is 0.868. The van der Waals surface area contributed by atoms with Crippen molar-refractivity contribution in [2.24, 2.45) is 0 Å². The van der Waals surface area contributed by atoms with Gasteiger partial charge in [0.1, 0.15) is 0 Å². The Hall–Kier alpha value is -0.860. The molecule has 0 unspecified atom stereocenters. The van der Waals surface area contributed by atoms with Crippen LogP contribution in [0, 0.1) is 0 Å². The van der Waals surface area contributed by atoms with E-state index in [2.05, 4.69) is 29.6 Å². The van der Waals surface area contributed by atoms with Crippen LogP contribution in [0.5, 0.6) is 0 Å². The van der Waals surface area contributed by atoms with Crippen molar-refractivity contribution in [2.75, 3.05) is 20.3 Å². The van der Waals surface area contributed by atoms with Gasteiger partial charge in [-0.2, -0.15) is 0 Å². The lowest BCUT2D eigenvalue weighted by Crippen LogP contribution is -2.14. The Kier molecular flexibility index (Phi) is 5.69. The molecule has 0 spiro atoms. The molecule has 0 aliphatic heterocycles. The van der Waals surface area contributed by atoms with Crippen LogP contribution in [-0.2, 0) is 11.3 Å². The van der Waals surface area contributed by atoms with E-state index in [4.69, 9.17) is 4.74 Å². The van der Waals surface area contributed by atoms with Crippen LogP contribution in [0.1, 0.15) is 49.1 Å². The van der Waals surface area contributed by atoms with Gasteiger partial charge in [-0.3, -0.25) is 0 Å². The largest absolute Gasteiger partial charge is 0.385 e. The molecule has 0 radical (unpaired) electrons. The number of rotatable bonds is 9. The Morgan fingerprint density at radius 2 is 1.89 bits per heavy atom. The quantitative estimate of drug-likeness (QED) is 0.675. The van der Waals surface area contributed by atoms with Gasteiger partial charge in [0.2, 0.25) is 0 Å². The summed E-state index contributed by atoms with van der Waals surface area (Å²) in [6, 6.07) is 9.14. The highest BCUT2D eigenvalue weighted by molar-refractivity contribution is 5.27. The predicted molar refractivity (Wildman–Crippen MR) is 75.9 cm³/mol. The summed E-state index contributed by atoms with van der Waals surface area (Å²) >= 11 is 0. The molecular formula is C16H25NO. The third kappa shape index (κ3) is 4.79. The van der Waals surface area contributed by atoms with Gasteiger partial charge in [0, 0.05) is 20.3 Å². The Balaban J connectivity index is 1.55. The SMILES string of the molecule is COCCCCCNCc1ccc(C2CC2)cc1. The lowest BCUT2D eigenvalue weighted by atomic mass is 10.1. The van der Waals surface area contributed by atoms with Gasteiger partial charge in [0.05, 0.1) is 0 Å². The van der Waals surface area contributed by atoms with Crippen LogP contribution >= 0.6 is 0 Å². The van der Waals surface area contributed by atoms with Gasteiger partial charge in [-0.15, -0.1) is 0 Å². The fourth-order valence-corrected chi connectivity index (χ4v) is 2.23. The summed E-state index contributed by atoms with van der Waals surface area (Å²) in [5.74, 6) is 0.868. The molecular weight excluding hydrogens is 222 g/mol. The van der Waals surface area contributed by atoms with E-state index in [-0.39, 0.29) is 0 Å². The molecule has 1 N–H and O–H groups in total.